The molecule has 1 aromatic carbocycles. The van der Waals surface area contributed by atoms with Gasteiger partial charge in [0, 0.05) is 0 Å². The van der Waals surface area contributed by atoms with Crippen LogP contribution in [0.2, 0.25) is 0 Å². The third-order valence-electron chi connectivity index (χ3n) is 6.33. The SMILES string of the molecule is C[C@@H](C(=O)N[C@@H]1CCCc2ccccc21)N1C(=O)[C@H]2CCCC[C@H]2C1=O. The molecule has 2 aliphatic carbocycles. The Kier molecular flexibility index (Phi) is 4.55. The van der Waals surface area contributed by atoms with Crippen LogP contribution < -0.4 is 5.32 Å². The van der Waals surface area contributed by atoms with Crippen molar-refractivity contribution in [3.8, 4) is 0 Å². The molecule has 5 nitrogen and oxygen atoms in total. The van der Waals surface area contributed by atoms with Crippen LogP contribution in [0.4, 0.5) is 0 Å². The van der Waals surface area contributed by atoms with Gasteiger partial charge in [-0.15, -0.1) is 0 Å². The van der Waals surface area contributed by atoms with Crippen LogP contribution in [0, 0.1) is 11.8 Å². The summed E-state index contributed by atoms with van der Waals surface area (Å²) in [5.74, 6) is -0.936. The topological polar surface area (TPSA) is 66.5 Å². The molecule has 1 aromatic rings. The maximum atomic E-state index is 12.8. The van der Waals surface area contributed by atoms with E-state index in [4.69, 9.17) is 0 Å². The van der Waals surface area contributed by atoms with Crippen LogP contribution in [0.15, 0.2) is 24.3 Å². The lowest BCUT2D eigenvalue weighted by Gasteiger charge is -2.29. The van der Waals surface area contributed by atoms with Crippen molar-refractivity contribution in [2.45, 2.75) is 64.0 Å². The Morgan fingerprint density at radius 3 is 2.38 bits per heavy atom. The highest BCUT2D eigenvalue weighted by atomic mass is 16.2. The molecule has 0 radical (unpaired) electrons. The first kappa shape index (κ1) is 17.3. The first-order chi connectivity index (χ1) is 12.6. The van der Waals surface area contributed by atoms with E-state index in [9.17, 15) is 14.4 Å². The summed E-state index contributed by atoms with van der Waals surface area (Å²) >= 11 is 0. The average Bonchev–Trinajstić information content (AvgIpc) is 2.92. The Labute approximate surface area is 154 Å². The first-order valence-electron chi connectivity index (χ1n) is 9.83. The second-order valence-electron chi connectivity index (χ2n) is 7.87. The van der Waals surface area contributed by atoms with Crippen molar-refractivity contribution in [3.05, 3.63) is 35.4 Å². The van der Waals surface area contributed by atoms with Crippen LogP contribution in [0.25, 0.3) is 0 Å². The van der Waals surface area contributed by atoms with Crippen LogP contribution in [-0.2, 0) is 20.8 Å². The molecule has 0 spiro atoms. The zero-order chi connectivity index (χ0) is 18.3. The maximum absolute atomic E-state index is 12.8. The number of carbonyl (C=O) groups excluding carboxylic acids is 3. The van der Waals surface area contributed by atoms with E-state index in [-0.39, 0.29) is 35.6 Å². The molecule has 4 atom stereocenters. The molecule has 0 aromatic heterocycles. The van der Waals surface area contributed by atoms with Crippen molar-refractivity contribution in [1.82, 2.24) is 10.2 Å². The molecule has 138 valence electrons. The predicted octanol–water partition coefficient (Wildman–Crippen LogP) is 2.74. The minimum absolute atomic E-state index is 0.0371. The summed E-state index contributed by atoms with van der Waals surface area (Å²) in [7, 11) is 0. The Morgan fingerprint density at radius 2 is 1.69 bits per heavy atom. The lowest BCUT2D eigenvalue weighted by molar-refractivity contribution is -0.147. The molecule has 2 fully saturated rings. The van der Waals surface area contributed by atoms with E-state index in [1.54, 1.807) is 6.92 Å². The van der Waals surface area contributed by atoms with Gasteiger partial charge < -0.3 is 5.32 Å². The smallest absolute Gasteiger partial charge is 0.243 e. The Hall–Kier alpha value is -2.17. The minimum Gasteiger partial charge on any atom is -0.347 e. The molecule has 26 heavy (non-hydrogen) atoms. The summed E-state index contributed by atoms with van der Waals surface area (Å²) in [6.45, 7) is 1.68. The fraction of sp³-hybridized carbons (Fsp3) is 0.571. The van der Waals surface area contributed by atoms with Gasteiger partial charge in [0.1, 0.15) is 6.04 Å². The number of imide groups is 1. The van der Waals surface area contributed by atoms with E-state index in [2.05, 4.69) is 17.4 Å². The number of fused-ring (bicyclic) bond motifs is 2. The third-order valence-corrected chi connectivity index (χ3v) is 6.33. The second-order valence-corrected chi connectivity index (χ2v) is 7.87. The fourth-order valence-electron chi connectivity index (χ4n) is 4.88. The van der Waals surface area contributed by atoms with Crippen molar-refractivity contribution < 1.29 is 14.4 Å². The number of hydrogen-bond acceptors (Lipinski definition) is 3. The molecule has 0 bridgehead atoms. The minimum atomic E-state index is -0.741. The quantitative estimate of drug-likeness (QED) is 0.849. The van der Waals surface area contributed by atoms with E-state index in [1.165, 1.54) is 10.5 Å². The maximum Gasteiger partial charge on any atom is 0.243 e. The van der Waals surface area contributed by atoms with Gasteiger partial charge in [-0.1, -0.05) is 37.1 Å². The molecule has 0 unspecified atom stereocenters. The van der Waals surface area contributed by atoms with E-state index in [1.807, 2.05) is 12.1 Å². The molecule has 4 rings (SSSR count). The van der Waals surface area contributed by atoms with Gasteiger partial charge in [-0.3, -0.25) is 19.3 Å². The zero-order valence-electron chi connectivity index (χ0n) is 15.2. The normalized spacial score (nSPS) is 29.1. The summed E-state index contributed by atoms with van der Waals surface area (Å²) in [5.41, 5.74) is 2.43. The van der Waals surface area contributed by atoms with Crippen molar-refractivity contribution in [1.29, 1.82) is 0 Å². The van der Waals surface area contributed by atoms with Gasteiger partial charge in [0.05, 0.1) is 17.9 Å². The third kappa shape index (κ3) is 2.83. The van der Waals surface area contributed by atoms with Crippen molar-refractivity contribution in [3.63, 3.8) is 0 Å². The van der Waals surface area contributed by atoms with Crippen LogP contribution in [0.1, 0.15) is 62.6 Å². The number of benzene rings is 1. The van der Waals surface area contributed by atoms with E-state index in [0.29, 0.717) is 0 Å². The van der Waals surface area contributed by atoms with E-state index in [0.717, 1.165) is 50.5 Å². The highest BCUT2D eigenvalue weighted by Crippen LogP contribution is 2.39. The summed E-state index contributed by atoms with van der Waals surface area (Å²) in [5, 5.41) is 3.09. The van der Waals surface area contributed by atoms with Crippen molar-refractivity contribution in [2.24, 2.45) is 11.8 Å². The van der Waals surface area contributed by atoms with Gasteiger partial charge in [-0.2, -0.15) is 0 Å². The molecular formula is C21H26N2O3. The van der Waals surface area contributed by atoms with Gasteiger partial charge in [0.15, 0.2) is 0 Å². The highest BCUT2D eigenvalue weighted by molar-refractivity contribution is 6.08. The van der Waals surface area contributed by atoms with Crippen LogP contribution >= 0.6 is 0 Å². The molecule has 5 heteroatoms. The molecule has 1 heterocycles. The number of nitrogens with zero attached hydrogens (tertiary/aromatic N) is 1. The summed E-state index contributed by atoms with van der Waals surface area (Å²) < 4.78 is 0. The van der Waals surface area contributed by atoms with Gasteiger partial charge in [-0.05, 0) is 50.2 Å². The number of hydrogen-bond donors (Lipinski definition) is 1. The number of amides is 3. The molecule has 1 saturated carbocycles. The highest BCUT2D eigenvalue weighted by Gasteiger charge is 2.50. The molecule has 3 aliphatic rings. The summed E-state index contributed by atoms with van der Waals surface area (Å²) in [6, 6.07) is 7.40. The largest absolute Gasteiger partial charge is 0.347 e. The van der Waals surface area contributed by atoms with Gasteiger partial charge in [0.25, 0.3) is 0 Å². The van der Waals surface area contributed by atoms with Gasteiger partial charge in [0.2, 0.25) is 17.7 Å². The lowest BCUT2D eigenvalue weighted by atomic mass is 9.81. The van der Waals surface area contributed by atoms with Crippen LogP contribution in [0.5, 0.6) is 0 Å². The monoisotopic (exact) mass is 354 g/mol. The summed E-state index contributed by atoms with van der Waals surface area (Å²) in [6.07, 6.45) is 6.49. The van der Waals surface area contributed by atoms with Crippen LogP contribution in [0.3, 0.4) is 0 Å². The number of aryl methyl sites for hydroxylation is 1. The molecule has 1 N–H and O–H groups in total. The molecular weight excluding hydrogens is 328 g/mol. The number of rotatable bonds is 3. The second kappa shape index (κ2) is 6.86. The number of nitrogens with one attached hydrogen (secondary N) is 1. The predicted molar refractivity (Wildman–Crippen MR) is 97.0 cm³/mol. The first-order valence-corrected chi connectivity index (χ1v) is 9.83. The molecule has 1 aliphatic heterocycles. The van der Waals surface area contributed by atoms with Gasteiger partial charge in [-0.25, -0.2) is 0 Å². The Balaban J connectivity index is 1.49. The number of carbonyl (C=O) groups is 3. The Bertz CT molecular complexity index is 721. The summed E-state index contributed by atoms with van der Waals surface area (Å²) in [4.78, 5) is 39.5. The lowest BCUT2D eigenvalue weighted by Crippen LogP contribution is -2.49. The van der Waals surface area contributed by atoms with Crippen LogP contribution in [-0.4, -0.2) is 28.7 Å². The molecule has 3 amide bonds. The van der Waals surface area contributed by atoms with E-state index < -0.39 is 6.04 Å². The zero-order valence-corrected chi connectivity index (χ0v) is 15.2. The van der Waals surface area contributed by atoms with E-state index >= 15 is 0 Å². The molecule has 1 saturated heterocycles. The number of likely N-dealkylation sites (tertiary alicyclic amines) is 1. The van der Waals surface area contributed by atoms with Crippen molar-refractivity contribution in [2.75, 3.05) is 0 Å². The van der Waals surface area contributed by atoms with Crippen molar-refractivity contribution >= 4 is 17.7 Å². The Morgan fingerprint density at radius 1 is 1.04 bits per heavy atom. The fourth-order valence-corrected chi connectivity index (χ4v) is 4.88. The van der Waals surface area contributed by atoms with Gasteiger partial charge >= 0.3 is 0 Å². The standard InChI is InChI=1S/C21H26N2O3/c1-13(23-20(25)16-10-4-5-11-17(16)21(23)26)19(24)22-18-12-6-8-14-7-2-3-9-15(14)18/h2-3,7,9,13,16-18H,4-6,8,10-12H2,1H3,(H,22,24)/t13-,16-,17+,18+/m0/s1. The average molecular weight is 354 g/mol.